The van der Waals surface area contributed by atoms with Crippen molar-refractivity contribution >= 4 is 39.3 Å². The third-order valence-electron chi connectivity index (χ3n) is 4.06. The van der Waals surface area contributed by atoms with Crippen LogP contribution in [0.15, 0.2) is 85.2 Å². The second-order valence-electron chi connectivity index (χ2n) is 5.90. The Bertz CT molecular complexity index is 1130. The lowest BCUT2D eigenvalue weighted by Gasteiger charge is -2.13. The normalized spacial score (nSPS) is 16.3. The zero-order valence-electron chi connectivity index (χ0n) is 14.5. The lowest BCUT2D eigenvalue weighted by Crippen LogP contribution is -2.25. The molecule has 1 aliphatic heterocycles. The SMILES string of the molecule is CC(=N/N=C1\NN=C(c2ccccc2)CS1)c1cc2ccccc2oc1=O. The fraction of sp³-hybridized carbons (Fsp3) is 0.100. The van der Waals surface area contributed by atoms with Gasteiger partial charge in [0.1, 0.15) is 5.58 Å². The Morgan fingerprint density at radius 2 is 1.93 bits per heavy atom. The molecule has 1 aromatic heterocycles. The van der Waals surface area contributed by atoms with E-state index < -0.39 is 5.63 Å². The Kier molecular flexibility index (Phi) is 4.84. The van der Waals surface area contributed by atoms with Crippen molar-refractivity contribution < 1.29 is 4.42 Å². The monoisotopic (exact) mass is 376 g/mol. The summed E-state index contributed by atoms with van der Waals surface area (Å²) in [5.74, 6) is 0.697. The first-order valence-electron chi connectivity index (χ1n) is 8.37. The fourth-order valence-electron chi connectivity index (χ4n) is 2.63. The van der Waals surface area contributed by atoms with Crippen molar-refractivity contribution in [1.29, 1.82) is 0 Å². The van der Waals surface area contributed by atoms with E-state index in [0.29, 0.717) is 27.8 Å². The van der Waals surface area contributed by atoms with Crippen molar-refractivity contribution in [1.82, 2.24) is 5.43 Å². The van der Waals surface area contributed by atoms with E-state index in [1.165, 1.54) is 11.8 Å². The molecular formula is C20H16N4O2S. The maximum absolute atomic E-state index is 12.2. The molecule has 3 aromatic rings. The molecule has 2 heterocycles. The highest BCUT2D eigenvalue weighted by molar-refractivity contribution is 8.14. The van der Waals surface area contributed by atoms with Crippen molar-refractivity contribution in [3.05, 3.63) is 82.2 Å². The molecule has 0 atom stereocenters. The van der Waals surface area contributed by atoms with Crippen LogP contribution in [-0.4, -0.2) is 22.3 Å². The molecule has 7 heteroatoms. The average molecular weight is 376 g/mol. The van der Waals surface area contributed by atoms with Crippen LogP contribution in [0.1, 0.15) is 18.1 Å². The van der Waals surface area contributed by atoms with Crippen molar-refractivity contribution in [2.24, 2.45) is 15.3 Å². The third-order valence-corrected chi connectivity index (χ3v) is 4.93. The number of hydrogen-bond acceptors (Lipinski definition) is 6. The van der Waals surface area contributed by atoms with Crippen LogP contribution in [0.3, 0.4) is 0 Å². The van der Waals surface area contributed by atoms with Gasteiger partial charge in [-0.15, -0.1) is 5.10 Å². The summed E-state index contributed by atoms with van der Waals surface area (Å²) in [5.41, 5.74) is 5.95. The Balaban J connectivity index is 1.55. The molecule has 0 aliphatic carbocycles. The van der Waals surface area contributed by atoms with Gasteiger partial charge in [-0.3, -0.25) is 5.43 Å². The number of benzene rings is 2. The number of amidine groups is 1. The van der Waals surface area contributed by atoms with Crippen LogP contribution in [-0.2, 0) is 0 Å². The van der Waals surface area contributed by atoms with Crippen LogP contribution >= 0.6 is 11.8 Å². The highest BCUT2D eigenvalue weighted by Crippen LogP contribution is 2.15. The summed E-state index contributed by atoms with van der Waals surface area (Å²) in [6, 6.07) is 19.1. The zero-order valence-corrected chi connectivity index (χ0v) is 15.4. The number of nitrogens with zero attached hydrogens (tertiary/aromatic N) is 3. The smallest absolute Gasteiger partial charge is 0.345 e. The molecule has 0 radical (unpaired) electrons. The van der Waals surface area contributed by atoms with E-state index in [9.17, 15) is 4.79 Å². The van der Waals surface area contributed by atoms with Gasteiger partial charge in [-0.1, -0.05) is 60.3 Å². The fourth-order valence-corrected chi connectivity index (χ4v) is 3.35. The highest BCUT2D eigenvalue weighted by Gasteiger charge is 2.13. The first-order chi connectivity index (χ1) is 13.2. The molecule has 0 spiro atoms. The molecule has 0 saturated heterocycles. The second-order valence-corrected chi connectivity index (χ2v) is 6.86. The topological polar surface area (TPSA) is 79.3 Å². The Morgan fingerprint density at radius 3 is 2.70 bits per heavy atom. The Hall–Kier alpha value is -3.19. The van der Waals surface area contributed by atoms with Crippen LogP contribution in [0.4, 0.5) is 0 Å². The van der Waals surface area contributed by atoms with E-state index in [0.717, 1.165) is 16.7 Å². The summed E-state index contributed by atoms with van der Waals surface area (Å²) in [6.45, 7) is 1.73. The van der Waals surface area contributed by atoms with Crippen molar-refractivity contribution in [3.8, 4) is 0 Å². The number of rotatable bonds is 3. The lowest BCUT2D eigenvalue weighted by molar-refractivity contribution is 0.559. The molecule has 0 saturated carbocycles. The van der Waals surface area contributed by atoms with Crippen LogP contribution in [0, 0.1) is 0 Å². The largest absolute Gasteiger partial charge is 0.422 e. The average Bonchev–Trinajstić information content (AvgIpc) is 2.72. The first-order valence-corrected chi connectivity index (χ1v) is 9.35. The van der Waals surface area contributed by atoms with Gasteiger partial charge in [0.05, 0.1) is 17.0 Å². The van der Waals surface area contributed by atoms with Crippen molar-refractivity contribution in [2.45, 2.75) is 6.92 Å². The summed E-state index contributed by atoms with van der Waals surface area (Å²) >= 11 is 1.51. The van der Waals surface area contributed by atoms with Gasteiger partial charge in [-0.25, -0.2) is 4.79 Å². The summed E-state index contributed by atoms with van der Waals surface area (Å²) in [5, 5.41) is 14.1. The molecule has 134 valence electrons. The Morgan fingerprint density at radius 1 is 1.15 bits per heavy atom. The van der Waals surface area contributed by atoms with Crippen LogP contribution < -0.4 is 11.1 Å². The van der Waals surface area contributed by atoms with E-state index in [1.807, 2.05) is 48.5 Å². The minimum Gasteiger partial charge on any atom is -0.422 e. The number of para-hydroxylation sites is 1. The molecule has 6 nitrogen and oxygen atoms in total. The number of fused-ring (bicyclic) bond motifs is 1. The van der Waals surface area contributed by atoms with Gasteiger partial charge in [-0.05, 0) is 24.6 Å². The van der Waals surface area contributed by atoms with E-state index >= 15 is 0 Å². The van der Waals surface area contributed by atoms with Crippen molar-refractivity contribution in [3.63, 3.8) is 0 Å². The summed E-state index contributed by atoms with van der Waals surface area (Å²) < 4.78 is 5.34. The number of thioether (sulfide) groups is 1. The van der Waals surface area contributed by atoms with Crippen LogP contribution in [0.25, 0.3) is 11.0 Å². The third kappa shape index (κ3) is 3.83. The van der Waals surface area contributed by atoms with Gasteiger partial charge in [0.15, 0.2) is 0 Å². The molecule has 27 heavy (non-hydrogen) atoms. The highest BCUT2D eigenvalue weighted by atomic mass is 32.2. The van der Waals surface area contributed by atoms with Gasteiger partial charge in [0.2, 0.25) is 5.17 Å². The van der Waals surface area contributed by atoms with E-state index in [2.05, 4.69) is 20.7 Å². The Labute approximate surface area is 159 Å². The molecule has 0 fully saturated rings. The maximum Gasteiger partial charge on any atom is 0.345 e. The maximum atomic E-state index is 12.2. The summed E-state index contributed by atoms with van der Waals surface area (Å²) in [4.78, 5) is 12.2. The molecule has 0 bridgehead atoms. The van der Waals surface area contributed by atoms with E-state index in [4.69, 9.17) is 4.42 Å². The first kappa shape index (κ1) is 17.2. The molecule has 0 unspecified atom stereocenters. The van der Waals surface area contributed by atoms with Crippen LogP contribution in [0.2, 0.25) is 0 Å². The molecule has 1 aliphatic rings. The number of hydrazone groups is 1. The van der Waals surface area contributed by atoms with Gasteiger partial charge < -0.3 is 4.42 Å². The molecule has 1 N–H and O–H groups in total. The quantitative estimate of drug-likeness (QED) is 0.430. The molecular weight excluding hydrogens is 360 g/mol. The molecule has 0 amide bonds. The second kappa shape index (κ2) is 7.59. The number of nitrogens with one attached hydrogen (secondary N) is 1. The van der Waals surface area contributed by atoms with Gasteiger partial charge in [0.25, 0.3) is 0 Å². The van der Waals surface area contributed by atoms with E-state index in [1.54, 1.807) is 19.1 Å². The predicted octanol–water partition coefficient (Wildman–Crippen LogP) is 3.61. The van der Waals surface area contributed by atoms with E-state index in [-0.39, 0.29) is 0 Å². The predicted molar refractivity (Wildman–Crippen MR) is 111 cm³/mol. The zero-order chi connectivity index (χ0) is 18.6. The van der Waals surface area contributed by atoms with Gasteiger partial charge in [0, 0.05) is 11.1 Å². The van der Waals surface area contributed by atoms with Crippen LogP contribution in [0.5, 0.6) is 0 Å². The number of hydrogen-bond donors (Lipinski definition) is 1. The summed E-state index contributed by atoms with van der Waals surface area (Å²) in [7, 11) is 0. The van der Waals surface area contributed by atoms with Gasteiger partial charge in [-0.2, -0.15) is 10.2 Å². The van der Waals surface area contributed by atoms with Gasteiger partial charge >= 0.3 is 5.63 Å². The molecule has 2 aromatic carbocycles. The molecule has 4 rings (SSSR count). The minimum atomic E-state index is -0.427. The summed E-state index contributed by atoms with van der Waals surface area (Å²) in [6.07, 6.45) is 0. The lowest BCUT2D eigenvalue weighted by atomic mass is 10.1. The van der Waals surface area contributed by atoms with Crippen molar-refractivity contribution in [2.75, 3.05) is 5.75 Å². The minimum absolute atomic E-state index is 0.396. The standard InChI is InChI=1S/C20H16N4O2S/c1-13(16-11-15-9-5-6-10-18(15)26-19(16)25)21-23-20-24-22-17(12-27-20)14-7-3-2-4-8-14/h2-11H,12H2,1H3,(H,23,24).